The van der Waals surface area contributed by atoms with Crippen molar-refractivity contribution in [1.29, 1.82) is 5.26 Å². The number of hydrogen-bond donors (Lipinski definition) is 1. The maximum Gasteiger partial charge on any atom is 0.419 e. The van der Waals surface area contributed by atoms with Crippen molar-refractivity contribution >= 4 is 11.9 Å². The summed E-state index contributed by atoms with van der Waals surface area (Å²) in [6.07, 6.45) is 1.60. The van der Waals surface area contributed by atoms with Crippen LogP contribution in [0, 0.1) is 17.2 Å². The van der Waals surface area contributed by atoms with Gasteiger partial charge in [-0.25, -0.2) is 9.97 Å². The van der Waals surface area contributed by atoms with Crippen LogP contribution in [0.2, 0.25) is 0 Å². The molecule has 0 aliphatic carbocycles. The minimum absolute atomic E-state index is 0.0473. The monoisotopic (exact) mass is 470 g/mol. The van der Waals surface area contributed by atoms with Gasteiger partial charge < -0.3 is 10.2 Å². The number of nitrogens with one attached hydrogen (secondary N) is 1. The number of halogens is 3. The number of carbonyl (C=O) groups excluding carboxylic acids is 1. The highest BCUT2D eigenvalue weighted by molar-refractivity contribution is 5.98. The van der Waals surface area contributed by atoms with E-state index in [0.717, 1.165) is 25.2 Å². The summed E-state index contributed by atoms with van der Waals surface area (Å²) < 4.78 is 38.3. The molecular formula is C22H21F3N8O. The SMILES string of the molecule is CC1CCCN(C(=O)c2cc(C#N)ccc2-n2nccn2)C1CNc1ncc(C(F)(F)F)cn1. The van der Waals surface area contributed by atoms with Crippen molar-refractivity contribution in [1.82, 2.24) is 29.9 Å². The van der Waals surface area contributed by atoms with E-state index in [2.05, 4.69) is 25.5 Å². The van der Waals surface area contributed by atoms with Crippen LogP contribution < -0.4 is 5.32 Å². The van der Waals surface area contributed by atoms with E-state index in [1.807, 2.05) is 13.0 Å². The van der Waals surface area contributed by atoms with Gasteiger partial charge in [0.1, 0.15) is 0 Å². The molecule has 1 N–H and O–H groups in total. The number of nitrogens with zero attached hydrogens (tertiary/aromatic N) is 7. The first-order valence-electron chi connectivity index (χ1n) is 10.6. The van der Waals surface area contributed by atoms with Gasteiger partial charge >= 0.3 is 6.18 Å². The van der Waals surface area contributed by atoms with Crippen molar-refractivity contribution in [3.63, 3.8) is 0 Å². The Morgan fingerprint density at radius 1 is 1.24 bits per heavy atom. The normalized spacial score (nSPS) is 18.4. The molecule has 9 nitrogen and oxygen atoms in total. The van der Waals surface area contributed by atoms with E-state index in [4.69, 9.17) is 0 Å². The molecule has 0 spiro atoms. The molecule has 2 aromatic heterocycles. The van der Waals surface area contributed by atoms with E-state index in [1.165, 1.54) is 23.3 Å². The Morgan fingerprint density at radius 2 is 1.94 bits per heavy atom. The average Bonchev–Trinajstić information content (AvgIpc) is 3.37. The lowest BCUT2D eigenvalue weighted by Crippen LogP contribution is -2.51. The summed E-state index contributed by atoms with van der Waals surface area (Å²) in [6, 6.07) is 6.52. The maximum absolute atomic E-state index is 13.7. The predicted octanol–water partition coefficient (Wildman–Crippen LogP) is 3.30. The van der Waals surface area contributed by atoms with Crippen LogP contribution in [0.5, 0.6) is 0 Å². The molecule has 1 aliphatic heterocycles. The van der Waals surface area contributed by atoms with E-state index in [1.54, 1.807) is 17.0 Å². The number of carbonyl (C=O) groups is 1. The van der Waals surface area contributed by atoms with Gasteiger partial charge in [-0.3, -0.25) is 4.79 Å². The molecule has 1 aromatic carbocycles. The fourth-order valence-corrected chi connectivity index (χ4v) is 4.02. The van der Waals surface area contributed by atoms with Gasteiger partial charge in [0.05, 0.1) is 46.9 Å². The number of hydrogen-bond acceptors (Lipinski definition) is 7. The first-order valence-corrected chi connectivity index (χ1v) is 10.6. The van der Waals surface area contributed by atoms with E-state index in [-0.39, 0.29) is 30.4 Å². The van der Waals surface area contributed by atoms with Crippen molar-refractivity contribution in [3.8, 4) is 11.8 Å². The van der Waals surface area contributed by atoms with Crippen LogP contribution in [0.3, 0.4) is 0 Å². The van der Waals surface area contributed by atoms with E-state index in [9.17, 15) is 23.2 Å². The van der Waals surface area contributed by atoms with Gasteiger partial charge in [0, 0.05) is 25.5 Å². The molecule has 1 fully saturated rings. The molecule has 2 unspecified atom stereocenters. The zero-order valence-corrected chi connectivity index (χ0v) is 18.2. The summed E-state index contributed by atoms with van der Waals surface area (Å²) in [4.78, 5) is 24.2. The molecule has 4 rings (SSSR count). The van der Waals surface area contributed by atoms with Crippen LogP contribution in [0.15, 0.2) is 43.0 Å². The molecule has 1 aliphatic rings. The molecule has 34 heavy (non-hydrogen) atoms. The number of likely N-dealkylation sites (tertiary alicyclic amines) is 1. The van der Waals surface area contributed by atoms with Crippen molar-refractivity contribution in [2.45, 2.75) is 32.0 Å². The molecule has 2 atom stereocenters. The highest BCUT2D eigenvalue weighted by Gasteiger charge is 2.34. The van der Waals surface area contributed by atoms with E-state index in [0.29, 0.717) is 23.4 Å². The molecule has 12 heteroatoms. The summed E-state index contributed by atoms with van der Waals surface area (Å²) >= 11 is 0. The number of benzene rings is 1. The summed E-state index contributed by atoms with van der Waals surface area (Å²) in [5.74, 6) is -0.118. The van der Waals surface area contributed by atoms with Crippen LogP contribution in [0.1, 0.15) is 41.3 Å². The first-order chi connectivity index (χ1) is 16.3. The number of rotatable bonds is 5. The van der Waals surface area contributed by atoms with Crippen molar-refractivity contribution in [2.75, 3.05) is 18.4 Å². The topological polar surface area (TPSA) is 113 Å². The predicted molar refractivity (Wildman–Crippen MR) is 115 cm³/mol. The van der Waals surface area contributed by atoms with Gasteiger partial charge in [-0.2, -0.15) is 33.4 Å². The van der Waals surface area contributed by atoms with Gasteiger partial charge in [-0.1, -0.05) is 6.92 Å². The van der Waals surface area contributed by atoms with Gasteiger partial charge in [0.2, 0.25) is 5.95 Å². The zero-order valence-electron chi connectivity index (χ0n) is 18.2. The first kappa shape index (κ1) is 23.2. The molecule has 0 saturated carbocycles. The minimum Gasteiger partial charge on any atom is -0.352 e. The number of piperidine rings is 1. The Labute approximate surface area is 193 Å². The number of alkyl halides is 3. The zero-order chi connectivity index (χ0) is 24.3. The van der Waals surface area contributed by atoms with Gasteiger partial charge in [-0.15, -0.1) is 0 Å². The second-order valence-electron chi connectivity index (χ2n) is 8.02. The van der Waals surface area contributed by atoms with Crippen LogP contribution in [-0.4, -0.2) is 54.9 Å². The molecule has 176 valence electrons. The van der Waals surface area contributed by atoms with Crippen molar-refractivity contribution in [2.24, 2.45) is 5.92 Å². The molecule has 0 bridgehead atoms. The fraction of sp³-hybridized carbons (Fsp3) is 0.364. The summed E-state index contributed by atoms with van der Waals surface area (Å²) in [7, 11) is 0. The molecule has 3 aromatic rings. The highest BCUT2D eigenvalue weighted by atomic mass is 19.4. The maximum atomic E-state index is 13.7. The Hall–Kier alpha value is -4.01. The fourth-order valence-electron chi connectivity index (χ4n) is 4.02. The summed E-state index contributed by atoms with van der Waals surface area (Å²) in [6.45, 7) is 2.76. The lowest BCUT2D eigenvalue weighted by Gasteiger charge is -2.40. The van der Waals surface area contributed by atoms with E-state index >= 15 is 0 Å². The van der Waals surface area contributed by atoms with Gasteiger partial charge in [0.15, 0.2) is 0 Å². The number of nitriles is 1. The lowest BCUT2D eigenvalue weighted by molar-refractivity contribution is -0.138. The highest BCUT2D eigenvalue weighted by Crippen LogP contribution is 2.29. The van der Waals surface area contributed by atoms with Gasteiger partial charge in [0.25, 0.3) is 5.91 Å². The van der Waals surface area contributed by atoms with Crippen LogP contribution in [0.25, 0.3) is 5.69 Å². The summed E-state index contributed by atoms with van der Waals surface area (Å²) in [5, 5.41) is 20.5. The number of anilines is 1. The van der Waals surface area contributed by atoms with Gasteiger partial charge in [-0.05, 0) is 37.0 Å². The van der Waals surface area contributed by atoms with Crippen LogP contribution in [-0.2, 0) is 6.18 Å². The third-order valence-corrected chi connectivity index (χ3v) is 5.82. The molecule has 3 heterocycles. The van der Waals surface area contributed by atoms with Crippen LogP contribution >= 0.6 is 0 Å². The van der Waals surface area contributed by atoms with Crippen molar-refractivity contribution in [3.05, 3.63) is 59.7 Å². The number of aromatic nitrogens is 5. The standard InChI is InChI=1S/C22H21F3N8O/c1-14-3-2-8-32(19(14)13-29-21-27-11-16(12-28-21)22(23,24)25)20(34)17-9-15(10-26)4-5-18(17)33-30-6-7-31-33/h4-7,9,11-12,14,19H,2-3,8,13H2,1H3,(H,27,28,29). The Morgan fingerprint density at radius 3 is 2.59 bits per heavy atom. The molecule has 0 radical (unpaired) electrons. The average molecular weight is 470 g/mol. The smallest absolute Gasteiger partial charge is 0.352 e. The molecular weight excluding hydrogens is 449 g/mol. The van der Waals surface area contributed by atoms with Crippen LogP contribution in [0.4, 0.5) is 19.1 Å². The number of amides is 1. The lowest BCUT2D eigenvalue weighted by atomic mass is 9.90. The Kier molecular flexibility index (Phi) is 6.45. The molecule has 1 saturated heterocycles. The third-order valence-electron chi connectivity index (χ3n) is 5.82. The largest absolute Gasteiger partial charge is 0.419 e. The van der Waals surface area contributed by atoms with E-state index < -0.39 is 11.7 Å². The Bertz CT molecular complexity index is 1190. The van der Waals surface area contributed by atoms with Crippen molar-refractivity contribution < 1.29 is 18.0 Å². The molecule has 1 amide bonds. The minimum atomic E-state index is -4.52. The second kappa shape index (κ2) is 9.46. The Balaban J connectivity index is 1.58. The quantitative estimate of drug-likeness (QED) is 0.609. The third kappa shape index (κ3) is 4.83. The summed E-state index contributed by atoms with van der Waals surface area (Å²) in [5.41, 5.74) is 0.139. The second-order valence-corrected chi connectivity index (χ2v) is 8.02.